The Hall–Kier alpha value is -3.13. The van der Waals surface area contributed by atoms with Crippen LogP contribution < -0.4 is 25.6 Å². The highest BCUT2D eigenvalue weighted by molar-refractivity contribution is 7.14. The van der Waals surface area contributed by atoms with Gasteiger partial charge in [0.05, 0.1) is 12.2 Å². The van der Waals surface area contributed by atoms with Gasteiger partial charge >= 0.3 is 12.1 Å². The van der Waals surface area contributed by atoms with Crippen LogP contribution in [0.4, 0.5) is 29.4 Å². The number of anilines is 2. The molecule has 2 fully saturated rings. The van der Waals surface area contributed by atoms with E-state index in [1.165, 1.54) is 24.2 Å². The number of amides is 3. The molecular formula is C21H28F2N8O3S. The molecule has 4 rings (SSSR count). The number of rotatable bonds is 5. The van der Waals surface area contributed by atoms with Crippen molar-refractivity contribution in [3.05, 3.63) is 23.6 Å². The summed E-state index contributed by atoms with van der Waals surface area (Å²) in [5, 5.41) is 8.18. The number of halogens is 2. The van der Waals surface area contributed by atoms with E-state index in [-0.39, 0.29) is 41.9 Å². The average Bonchev–Trinajstić information content (AvgIpc) is 3.25. The summed E-state index contributed by atoms with van der Waals surface area (Å²) in [6.45, 7) is 4.15. The largest absolute Gasteiger partial charge is 0.414 e. The van der Waals surface area contributed by atoms with E-state index in [2.05, 4.69) is 37.8 Å². The third kappa shape index (κ3) is 6.31. The van der Waals surface area contributed by atoms with E-state index < -0.39 is 29.5 Å². The summed E-state index contributed by atoms with van der Waals surface area (Å²) >= 11 is 0.685. The van der Waals surface area contributed by atoms with Gasteiger partial charge in [0, 0.05) is 38.4 Å². The first kappa shape index (κ1) is 25.0. The van der Waals surface area contributed by atoms with E-state index >= 15 is 0 Å². The van der Waals surface area contributed by atoms with Crippen LogP contribution in [-0.2, 0) is 0 Å². The predicted octanol–water partition coefficient (Wildman–Crippen LogP) is 2.24. The third-order valence-corrected chi connectivity index (χ3v) is 6.90. The predicted molar refractivity (Wildman–Crippen MR) is 126 cm³/mol. The Morgan fingerprint density at radius 1 is 1.34 bits per heavy atom. The van der Waals surface area contributed by atoms with Crippen LogP contribution >= 0.6 is 11.3 Å². The molecule has 0 bridgehead atoms. The maximum absolute atomic E-state index is 14.8. The van der Waals surface area contributed by atoms with E-state index in [0.717, 1.165) is 25.7 Å². The van der Waals surface area contributed by atoms with E-state index in [0.29, 0.717) is 17.9 Å². The number of alkyl halides is 1. The van der Waals surface area contributed by atoms with Gasteiger partial charge < -0.3 is 25.2 Å². The summed E-state index contributed by atoms with van der Waals surface area (Å²) < 4.78 is 33.3. The molecule has 4 atom stereocenters. The van der Waals surface area contributed by atoms with Crippen molar-refractivity contribution >= 4 is 34.5 Å². The first-order valence-corrected chi connectivity index (χ1v) is 12.2. The van der Waals surface area contributed by atoms with Gasteiger partial charge in [-0.05, 0) is 31.8 Å². The fourth-order valence-electron chi connectivity index (χ4n) is 4.14. The van der Waals surface area contributed by atoms with Gasteiger partial charge in [0.1, 0.15) is 6.17 Å². The first-order valence-electron chi connectivity index (χ1n) is 11.4. The number of nitrogens with one attached hydrogen (secondary N) is 3. The van der Waals surface area contributed by atoms with Crippen molar-refractivity contribution in [2.24, 2.45) is 5.92 Å². The number of carbonyl (C=O) groups is 2. The van der Waals surface area contributed by atoms with Crippen molar-refractivity contribution in [2.75, 3.05) is 43.4 Å². The van der Waals surface area contributed by atoms with Crippen molar-refractivity contribution in [3.63, 3.8) is 0 Å². The molecule has 2 aromatic heterocycles. The SMILES string of the molecule is C[C@H]1CNCC[C@H]1NC(=O)Oc1ccnc(N2CC[C@@H](F)[C@@H](N(C)C(=O)Nc3ncc(F)s3)C2)n1. The van der Waals surface area contributed by atoms with Gasteiger partial charge in [-0.1, -0.05) is 18.3 Å². The zero-order valence-electron chi connectivity index (χ0n) is 19.4. The molecule has 0 aliphatic carbocycles. The zero-order valence-corrected chi connectivity index (χ0v) is 20.2. The summed E-state index contributed by atoms with van der Waals surface area (Å²) in [7, 11) is 1.46. The second kappa shape index (κ2) is 11.1. The third-order valence-electron chi connectivity index (χ3n) is 6.19. The molecular weight excluding hydrogens is 482 g/mol. The van der Waals surface area contributed by atoms with Crippen LogP contribution in [0.25, 0.3) is 0 Å². The minimum atomic E-state index is -1.27. The Labute approximate surface area is 205 Å². The second-order valence-corrected chi connectivity index (χ2v) is 9.61. The minimum Gasteiger partial charge on any atom is -0.391 e. The Balaban J connectivity index is 1.37. The molecule has 190 valence electrons. The molecule has 0 saturated carbocycles. The van der Waals surface area contributed by atoms with Crippen LogP contribution in [0.5, 0.6) is 5.88 Å². The molecule has 0 radical (unpaired) electrons. The number of ether oxygens (including phenoxy) is 1. The topological polar surface area (TPSA) is 125 Å². The lowest BCUT2D eigenvalue weighted by Crippen LogP contribution is -2.55. The van der Waals surface area contributed by atoms with Crippen LogP contribution in [0, 0.1) is 11.0 Å². The number of aromatic nitrogens is 3. The summed E-state index contributed by atoms with van der Waals surface area (Å²) in [4.78, 5) is 40.2. The fraction of sp³-hybridized carbons (Fsp3) is 0.571. The number of hydrogen-bond acceptors (Lipinski definition) is 9. The molecule has 2 aromatic rings. The van der Waals surface area contributed by atoms with Gasteiger partial charge in [0.15, 0.2) is 10.3 Å². The summed E-state index contributed by atoms with van der Waals surface area (Å²) in [5.74, 6) is 0.614. The summed E-state index contributed by atoms with van der Waals surface area (Å²) in [6.07, 6.45) is 1.55. The van der Waals surface area contributed by atoms with Crippen LogP contribution in [0.15, 0.2) is 18.5 Å². The molecule has 0 aromatic carbocycles. The zero-order chi connectivity index (χ0) is 24.9. The van der Waals surface area contributed by atoms with E-state index in [1.807, 2.05) is 0 Å². The number of urea groups is 1. The lowest BCUT2D eigenvalue weighted by molar-refractivity contribution is 0.133. The number of piperidine rings is 2. The number of likely N-dealkylation sites (N-methyl/N-ethyl adjacent to an activating group) is 1. The molecule has 2 aliphatic heterocycles. The minimum absolute atomic E-state index is 0.0111. The number of hydrogen-bond donors (Lipinski definition) is 3. The standard InChI is InChI=1S/C21H28F2N8O3S/c1-12-9-24-6-3-14(12)27-21(33)34-17-4-7-25-18(28-17)31-8-5-13(22)15(11-31)30(2)20(32)29-19-26-10-16(23)35-19/h4,7,10,12-15,24H,3,5-6,8-9,11H2,1-2H3,(H,27,33)(H,26,29,32)/t12-,13+,14+,15-/m0/s1. The van der Waals surface area contributed by atoms with Crippen LogP contribution in [-0.4, -0.2) is 83.5 Å². The molecule has 4 heterocycles. The number of thiazole rings is 1. The average molecular weight is 511 g/mol. The van der Waals surface area contributed by atoms with Gasteiger partial charge in [0.25, 0.3) is 0 Å². The Kier molecular flexibility index (Phi) is 7.90. The lowest BCUT2D eigenvalue weighted by Gasteiger charge is -2.39. The molecule has 2 saturated heterocycles. The highest BCUT2D eigenvalue weighted by Gasteiger charge is 2.35. The van der Waals surface area contributed by atoms with Crippen LogP contribution in [0.3, 0.4) is 0 Å². The van der Waals surface area contributed by atoms with Gasteiger partial charge in [-0.15, -0.1) is 0 Å². The molecule has 14 heteroatoms. The monoisotopic (exact) mass is 510 g/mol. The molecule has 0 spiro atoms. The number of carbonyl (C=O) groups excluding carboxylic acids is 2. The van der Waals surface area contributed by atoms with Gasteiger partial charge in [-0.25, -0.2) is 23.9 Å². The Morgan fingerprint density at radius 3 is 2.91 bits per heavy atom. The highest BCUT2D eigenvalue weighted by atomic mass is 32.1. The molecule has 3 N–H and O–H groups in total. The molecule has 35 heavy (non-hydrogen) atoms. The van der Waals surface area contributed by atoms with Gasteiger partial charge in [-0.2, -0.15) is 9.37 Å². The highest BCUT2D eigenvalue weighted by Crippen LogP contribution is 2.24. The summed E-state index contributed by atoms with van der Waals surface area (Å²) in [6, 6.07) is 0.0835. The Morgan fingerprint density at radius 2 is 2.17 bits per heavy atom. The Bertz CT molecular complexity index is 1040. The van der Waals surface area contributed by atoms with Crippen molar-refractivity contribution in [1.82, 2.24) is 30.5 Å². The molecule has 0 unspecified atom stereocenters. The maximum atomic E-state index is 14.8. The van der Waals surface area contributed by atoms with E-state index in [1.54, 1.807) is 4.90 Å². The fourth-order valence-corrected chi connectivity index (χ4v) is 4.67. The smallest absolute Gasteiger partial charge is 0.391 e. The maximum Gasteiger partial charge on any atom is 0.414 e. The lowest BCUT2D eigenvalue weighted by atomic mass is 9.96. The van der Waals surface area contributed by atoms with Gasteiger partial charge in [-0.3, -0.25) is 5.32 Å². The van der Waals surface area contributed by atoms with Crippen molar-refractivity contribution in [2.45, 2.75) is 38.0 Å². The van der Waals surface area contributed by atoms with Crippen molar-refractivity contribution in [3.8, 4) is 5.88 Å². The quantitative estimate of drug-likeness (QED) is 0.560. The van der Waals surface area contributed by atoms with Gasteiger partial charge in [0.2, 0.25) is 11.8 Å². The van der Waals surface area contributed by atoms with Crippen LogP contribution in [0.1, 0.15) is 19.8 Å². The second-order valence-electron chi connectivity index (χ2n) is 8.63. The molecule has 11 nitrogen and oxygen atoms in total. The molecule has 2 aliphatic rings. The molecule has 3 amide bonds. The normalized spacial score (nSPS) is 24.5. The van der Waals surface area contributed by atoms with Crippen LogP contribution in [0.2, 0.25) is 0 Å². The summed E-state index contributed by atoms with van der Waals surface area (Å²) in [5.41, 5.74) is 0. The van der Waals surface area contributed by atoms with E-state index in [9.17, 15) is 18.4 Å². The van der Waals surface area contributed by atoms with Crippen molar-refractivity contribution < 1.29 is 23.1 Å². The van der Waals surface area contributed by atoms with Crippen molar-refractivity contribution in [1.29, 1.82) is 0 Å². The van der Waals surface area contributed by atoms with E-state index in [4.69, 9.17) is 4.74 Å². The number of nitrogens with zero attached hydrogens (tertiary/aromatic N) is 5. The first-order chi connectivity index (χ1) is 16.8.